The number of hydrogen-bond acceptors (Lipinski definition) is 2. The van der Waals surface area contributed by atoms with Crippen LogP contribution in [0.5, 0.6) is 0 Å². The SMILES string of the molecule is CCCS(=O)(=O)[CH]c1ccccc1. The molecule has 0 bridgehead atoms. The summed E-state index contributed by atoms with van der Waals surface area (Å²) in [7, 11) is -3.01. The van der Waals surface area contributed by atoms with Gasteiger partial charge in [-0.25, -0.2) is 8.42 Å². The zero-order chi connectivity index (χ0) is 9.73. The Kier molecular flexibility index (Phi) is 3.48. The van der Waals surface area contributed by atoms with E-state index in [1.54, 1.807) is 12.1 Å². The highest BCUT2D eigenvalue weighted by molar-refractivity contribution is 7.93. The number of sulfone groups is 1. The molecule has 0 N–H and O–H groups in total. The molecule has 1 radical (unpaired) electrons. The lowest BCUT2D eigenvalue weighted by Gasteiger charge is -2.00. The van der Waals surface area contributed by atoms with E-state index in [9.17, 15) is 8.42 Å². The first kappa shape index (κ1) is 10.3. The Morgan fingerprint density at radius 3 is 2.38 bits per heavy atom. The highest BCUT2D eigenvalue weighted by atomic mass is 32.2. The van der Waals surface area contributed by atoms with Crippen LogP contribution in [0.25, 0.3) is 0 Å². The van der Waals surface area contributed by atoms with Crippen LogP contribution in [-0.2, 0) is 9.84 Å². The van der Waals surface area contributed by atoms with Gasteiger partial charge in [0.1, 0.15) is 5.75 Å². The molecule has 0 aliphatic carbocycles. The van der Waals surface area contributed by atoms with E-state index >= 15 is 0 Å². The maximum Gasteiger partial charge on any atom is 0.158 e. The Morgan fingerprint density at radius 1 is 1.23 bits per heavy atom. The van der Waals surface area contributed by atoms with Gasteiger partial charge in [0.15, 0.2) is 9.84 Å². The van der Waals surface area contributed by atoms with Crippen LogP contribution in [0.1, 0.15) is 18.9 Å². The van der Waals surface area contributed by atoms with Crippen LogP contribution in [0.15, 0.2) is 30.3 Å². The summed E-state index contributed by atoms with van der Waals surface area (Å²) in [5.41, 5.74) is 0.746. The van der Waals surface area contributed by atoms with Crippen LogP contribution in [0.3, 0.4) is 0 Å². The van der Waals surface area contributed by atoms with Crippen molar-refractivity contribution in [2.75, 3.05) is 5.75 Å². The van der Waals surface area contributed by atoms with Gasteiger partial charge < -0.3 is 0 Å². The van der Waals surface area contributed by atoms with Crippen molar-refractivity contribution in [1.82, 2.24) is 0 Å². The predicted octanol–water partition coefficient (Wildman–Crippen LogP) is 2.02. The lowest BCUT2D eigenvalue weighted by molar-refractivity contribution is 0.601. The zero-order valence-electron chi connectivity index (χ0n) is 7.60. The summed E-state index contributed by atoms with van der Waals surface area (Å²) >= 11 is 0. The summed E-state index contributed by atoms with van der Waals surface area (Å²) in [5, 5.41) is 0. The molecule has 1 aromatic rings. The van der Waals surface area contributed by atoms with Gasteiger partial charge in [-0.15, -0.1) is 0 Å². The number of benzene rings is 1. The maximum atomic E-state index is 11.3. The minimum atomic E-state index is -3.01. The molecule has 71 valence electrons. The van der Waals surface area contributed by atoms with Crippen molar-refractivity contribution in [2.24, 2.45) is 0 Å². The Bertz CT molecular complexity index is 340. The van der Waals surface area contributed by atoms with Gasteiger partial charge in [0.25, 0.3) is 0 Å². The molecule has 0 fully saturated rings. The van der Waals surface area contributed by atoms with E-state index in [1.807, 2.05) is 25.1 Å². The molecule has 0 amide bonds. The first-order chi connectivity index (χ1) is 6.14. The van der Waals surface area contributed by atoms with Crippen LogP contribution in [0.4, 0.5) is 0 Å². The van der Waals surface area contributed by atoms with Crippen LogP contribution >= 0.6 is 0 Å². The quantitative estimate of drug-likeness (QED) is 0.740. The first-order valence-corrected chi connectivity index (χ1v) is 5.98. The first-order valence-electron chi connectivity index (χ1n) is 4.26. The summed E-state index contributed by atoms with van der Waals surface area (Å²) in [5.74, 6) is 1.55. The highest BCUT2D eigenvalue weighted by Gasteiger charge is 2.10. The van der Waals surface area contributed by atoms with Gasteiger partial charge in [-0.05, 0) is 12.0 Å². The van der Waals surface area contributed by atoms with Gasteiger partial charge in [-0.2, -0.15) is 0 Å². The van der Waals surface area contributed by atoms with Crippen molar-refractivity contribution in [3.8, 4) is 0 Å². The molecule has 0 aliphatic heterocycles. The lowest BCUT2D eigenvalue weighted by atomic mass is 10.2. The Morgan fingerprint density at radius 2 is 1.85 bits per heavy atom. The molecule has 3 heteroatoms. The predicted molar refractivity (Wildman–Crippen MR) is 53.9 cm³/mol. The lowest BCUT2D eigenvalue weighted by Crippen LogP contribution is -2.05. The summed E-state index contributed by atoms with van der Waals surface area (Å²) in [4.78, 5) is 0. The van der Waals surface area contributed by atoms with E-state index in [-0.39, 0.29) is 5.75 Å². The van der Waals surface area contributed by atoms with Gasteiger partial charge >= 0.3 is 0 Å². The normalized spacial score (nSPS) is 11.5. The summed E-state index contributed by atoms with van der Waals surface area (Å²) in [6, 6.07) is 9.09. The van der Waals surface area contributed by atoms with E-state index in [2.05, 4.69) is 0 Å². The van der Waals surface area contributed by atoms with Crippen molar-refractivity contribution >= 4 is 9.84 Å². The molecule has 13 heavy (non-hydrogen) atoms. The second kappa shape index (κ2) is 4.42. The van der Waals surface area contributed by atoms with E-state index in [0.29, 0.717) is 6.42 Å². The van der Waals surface area contributed by atoms with Crippen LogP contribution in [-0.4, -0.2) is 14.2 Å². The van der Waals surface area contributed by atoms with E-state index in [0.717, 1.165) is 5.56 Å². The Hall–Kier alpha value is -0.830. The number of hydrogen-bond donors (Lipinski definition) is 0. The number of rotatable bonds is 4. The van der Waals surface area contributed by atoms with E-state index in [1.165, 1.54) is 5.75 Å². The Balaban J connectivity index is 2.70. The third kappa shape index (κ3) is 3.59. The fourth-order valence-electron chi connectivity index (χ4n) is 1.08. The third-order valence-electron chi connectivity index (χ3n) is 1.60. The zero-order valence-corrected chi connectivity index (χ0v) is 8.42. The second-order valence-corrected chi connectivity index (χ2v) is 4.87. The van der Waals surface area contributed by atoms with Crippen LogP contribution < -0.4 is 0 Å². The second-order valence-electron chi connectivity index (χ2n) is 2.90. The van der Waals surface area contributed by atoms with Crippen molar-refractivity contribution in [3.05, 3.63) is 41.6 Å². The van der Waals surface area contributed by atoms with Crippen molar-refractivity contribution in [3.63, 3.8) is 0 Å². The van der Waals surface area contributed by atoms with Crippen molar-refractivity contribution in [1.29, 1.82) is 0 Å². The molecule has 1 rings (SSSR count). The largest absolute Gasteiger partial charge is 0.228 e. The molecule has 0 aliphatic rings. The maximum absolute atomic E-state index is 11.3. The minimum absolute atomic E-state index is 0.224. The van der Waals surface area contributed by atoms with Gasteiger partial charge in [-0.3, -0.25) is 0 Å². The molecular formula is C10H13O2S. The monoisotopic (exact) mass is 197 g/mol. The average Bonchev–Trinajstić information content (AvgIpc) is 2.04. The van der Waals surface area contributed by atoms with Crippen LogP contribution in [0, 0.1) is 5.75 Å². The Labute approximate surface area is 79.5 Å². The van der Waals surface area contributed by atoms with E-state index < -0.39 is 9.84 Å². The van der Waals surface area contributed by atoms with Gasteiger partial charge in [0.05, 0.1) is 5.75 Å². The van der Waals surface area contributed by atoms with Gasteiger partial charge in [0.2, 0.25) is 0 Å². The average molecular weight is 197 g/mol. The van der Waals surface area contributed by atoms with Crippen molar-refractivity contribution < 1.29 is 8.42 Å². The summed E-state index contributed by atoms with van der Waals surface area (Å²) in [6.07, 6.45) is 0.658. The topological polar surface area (TPSA) is 34.1 Å². The van der Waals surface area contributed by atoms with E-state index in [4.69, 9.17) is 0 Å². The summed E-state index contributed by atoms with van der Waals surface area (Å²) < 4.78 is 22.7. The molecule has 0 aromatic heterocycles. The summed E-state index contributed by atoms with van der Waals surface area (Å²) in [6.45, 7) is 1.86. The molecule has 0 atom stereocenters. The van der Waals surface area contributed by atoms with Gasteiger partial charge in [0, 0.05) is 0 Å². The molecule has 0 unspecified atom stereocenters. The molecule has 0 heterocycles. The minimum Gasteiger partial charge on any atom is -0.228 e. The molecule has 0 saturated carbocycles. The third-order valence-corrected chi connectivity index (χ3v) is 3.21. The van der Waals surface area contributed by atoms with Crippen molar-refractivity contribution in [2.45, 2.75) is 13.3 Å². The fourth-order valence-corrected chi connectivity index (χ4v) is 2.34. The fraction of sp³-hybridized carbons (Fsp3) is 0.300. The van der Waals surface area contributed by atoms with Crippen LogP contribution in [0.2, 0.25) is 0 Å². The van der Waals surface area contributed by atoms with Gasteiger partial charge in [-0.1, -0.05) is 37.3 Å². The standard InChI is InChI=1S/C10H13O2S/c1-2-8-13(11,12)9-10-6-4-3-5-7-10/h3-7,9H,2,8H2,1H3. The molecule has 0 saturated heterocycles. The smallest absolute Gasteiger partial charge is 0.158 e. The molecule has 1 aromatic carbocycles. The highest BCUT2D eigenvalue weighted by Crippen LogP contribution is 2.09. The molecule has 2 nitrogen and oxygen atoms in total. The molecular weight excluding hydrogens is 184 g/mol. The molecule has 0 spiro atoms.